The van der Waals surface area contributed by atoms with Crippen molar-refractivity contribution in [3.8, 4) is 11.5 Å². The van der Waals surface area contributed by atoms with Gasteiger partial charge in [0.05, 0.1) is 26.1 Å². The van der Waals surface area contributed by atoms with Crippen molar-refractivity contribution in [3.05, 3.63) is 79.9 Å². The number of hydrogen-bond donors (Lipinski definition) is 0. The summed E-state index contributed by atoms with van der Waals surface area (Å²) in [5.41, 5.74) is 1.32. The van der Waals surface area contributed by atoms with E-state index in [0.717, 1.165) is 0 Å². The molecule has 8 heteroatoms. The summed E-state index contributed by atoms with van der Waals surface area (Å²) < 4.78 is 10.2. The zero-order chi connectivity index (χ0) is 19.1. The minimum atomic E-state index is -0.644. The van der Waals surface area contributed by atoms with Crippen LogP contribution in [-0.2, 0) is 0 Å². The monoisotopic (exact) mass is 360 g/mol. The van der Waals surface area contributed by atoms with Gasteiger partial charge in [0, 0.05) is 9.85 Å². The number of rotatable bonds is 9. The third-order valence-electron chi connectivity index (χ3n) is 4.27. The van der Waals surface area contributed by atoms with Crippen LogP contribution < -0.4 is 9.47 Å². The van der Waals surface area contributed by atoms with E-state index in [1.165, 1.54) is 14.2 Å². The standard InChI is InChI=1S/C18H20N2O6/c1-25-15-7-3-13(4-8-15)17(11-19(21)22)18(12-20(23)24)14-5-9-16(26-2)10-6-14/h3-10,17-18H,11-12H2,1-2H3. The lowest BCUT2D eigenvalue weighted by atomic mass is 9.81. The third kappa shape index (κ3) is 4.92. The van der Waals surface area contributed by atoms with Crippen LogP contribution in [0.5, 0.6) is 11.5 Å². The van der Waals surface area contributed by atoms with Crippen LogP contribution in [-0.4, -0.2) is 37.2 Å². The summed E-state index contributed by atoms with van der Waals surface area (Å²) in [7, 11) is 3.05. The van der Waals surface area contributed by atoms with E-state index < -0.39 is 34.8 Å². The summed E-state index contributed by atoms with van der Waals surface area (Å²) >= 11 is 0. The van der Waals surface area contributed by atoms with Crippen molar-refractivity contribution >= 4 is 0 Å². The van der Waals surface area contributed by atoms with Crippen molar-refractivity contribution in [2.75, 3.05) is 27.3 Å². The maximum absolute atomic E-state index is 11.2. The number of benzene rings is 2. The summed E-state index contributed by atoms with van der Waals surface area (Å²) in [6.45, 7) is -0.812. The minimum Gasteiger partial charge on any atom is -0.497 e. The molecule has 0 bridgehead atoms. The summed E-state index contributed by atoms with van der Waals surface area (Å²) in [4.78, 5) is 21.6. The molecular weight excluding hydrogens is 340 g/mol. The largest absolute Gasteiger partial charge is 0.497 e. The molecule has 0 saturated heterocycles. The van der Waals surface area contributed by atoms with Crippen LogP contribution in [0.1, 0.15) is 23.0 Å². The maximum Gasteiger partial charge on any atom is 0.211 e. The Bertz CT molecular complexity index is 680. The van der Waals surface area contributed by atoms with Crippen molar-refractivity contribution in [1.29, 1.82) is 0 Å². The molecule has 8 nitrogen and oxygen atoms in total. The van der Waals surface area contributed by atoms with Crippen molar-refractivity contribution in [1.82, 2.24) is 0 Å². The lowest BCUT2D eigenvalue weighted by Gasteiger charge is -2.22. The van der Waals surface area contributed by atoms with Gasteiger partial charge in [-0.1, -0.05) is 24.3 Å². The molecule has 0 saturated carbocycles. The van der Waals surface area contributed by atoms with E-state index >= 15 is 0 Å². The molecule has 0 aromatic heterocycles. The average Bonchev–Trinajstić information content (AvgIpc) is 2.64. The molecule has 0 radical (unpaired) electrons. The molecule has 0 aliphatic heterocycles. The van der Waals surface area contributed by atoms with E-state index in [1.807, 2.05) is 0 Å². The van der Waals surface area contributed by atoms with Crippen LogP contribution >= 0.6 is 0 Å². The molecule has 2 unspecified atom stereocenters. The maximum atomic E-state index is 11.2. The van der Waals surface area contributed by atoms with Crippen LogP contribution in [0.15, 0.2) is 48.5 Å². The SMILES string of the molecule is COc1ccc(C(C[N+](=O)[O-])C(C[N+](=O)[O-])c2ccc(OC)cc2)cc1. The first kappa shape index (κ1) is 19.2. The van der Waals surface area contributed by atoms with Crippen molar-refractivity contribution in [2.24, 2.45) is 0 Å². The van der Waals surface area contributed by atoms with Crippen LogP contribution in [0.25, 0.3) is 0 Å². The molecule has 26 heavy (non-hydrogen) atoms. The van der Waals surface area contributed by atoms with Gasteiger partial charge < -0.3 is 9.47 Å². The topological polar surface area (TPSA) is 105 Å². The average molecular weight is 360 g/mol. The number of nitrogens with zero attached hydrogens (tertiary/aromatic N) is 2. The quantitative estimate of drug-likeness (QED) is 0.502. The Balaban J connectivity index is 2.45. The van der Waals surface area contributed by atoms with E-state index in [2.05, 4.69) is 0 Å². The first-order chi connectivity index (χ1) is 12.4. The highest BCUT2D eigenvalue weighted by Gasteiger charge is 2.33. The Morgan fingerprint density at radius 1 is 0.731 bits per heavy atom. The highest BCUT2D eigenvalue weighted by atomic mass is 16.6. The van der Waals surface area contributed by atoms with Gasteiger partial charge in [-0.3, -0.25) is 20.2 Å². The van der Waals surface area contributed by atoms with E-state index in [9.17, 15) is 20.2 Å². The predicted molar refractivity (Wildman–Crippen MR) is 95.2 cm³/mol. The summed E-state index contributed by atoms with van der Waals surface area (Å²) in [6.07, 6.45) is 0. The van der Waals surface area contributed by atoms with Crippen molar-refractivity contribution in [2.45, 2.75) is 11.8 Å². The smallest absolute Gasteiger partial charge is 0.211 e. The van der Waals surface area contributed by atoms with Gasteiger partial charge in [-0.25, -0.2) is 0 Å². The highest BCUT2D eigenvalue weighted by Crippen LogP contribution is 2.35. The zero-order valence-electron chi connectivity index (χ0n) is 14.5. The molecule has 2 aromatic rings. The Labute approximate surface area is 150 Å². The van der Waals surface area contributed by atoms with Gasteiger partial charge in [-0.2, -0.15) is 0 Å². The number of nitro groups is 2. The Hall–Kier alpha value is -3.16. The zero-order valence-corrected chi connectivity index (χ0v) is 14.5. The van der Waals surface area contributed by atoms with Crippen LogP contribution in [0.3, 0.4) is 0 Å². The highest BCUT2D eigenvalue weighted by molar-refractivity contribution is 5.35. The summed E-state index contributed by atoms with van der Waals surface area (Å²) in [5.74, 6) is -0.0582. The molecule has 0 spiro atoms. The van der Waals surface area contributed by atoms with Gasteiger partial charge >= 0.3 is 0 Å². The summed E-state index contributed by atoms with van der Waals surface area (Å²) in [6, 6.07) is 13.6. The Kier molecular flexibility index (Phi) is 6.48. The molecule has 0 heterocycles. The van der Waals surface area contributed by atoms with Gasteiger partial charge in [0.15, 0.2) is 0 Å². The molecule has 0 aliphatic carbocycles. The van der Waals surface area contributed by atoms with Crippen LogP contribution in [0.4, 0.5) is 0 Å². The number of ether oxygens (including phenoxy) is 2. The lowest BCUT2D eigenvalue weighted by Crippen LogP contribution is -2.25. The predicted octanol–water partition coefficient (Wildman–Crippen LogP) is 3.12. The first-order valence-corrected chi connectivity index (χ1v) is 7.96. The molecule has 2 atom stereocenters. The van der Waals surface area contributed by atoms with Gasteiger partial charge in [-0.15, -0.1) is 0 Å². The fraction of sp³-hybridized carbons (Fsp3) is 0.333. The molecule has 0 fully saturated rings. The normalized spacial score (nSPS) is 12.8. The second kappa shape index (κ2) is 8.80. The first-order valence-electron chi connectivity index (χ1n) is 7.96. The molecule has 0 aliphatic rings. The third-order valence-corrected chi connectivity index (χ3v) is 4.27. The van der Waals surface area contributed by atoms with Crippen molar-refractivity contribution < 1.29 is 19.3 Å². The second-order valence-electron chi connectivity index (χ2n) is 5.79. The fourth-order valence-corrected chi connectivity index (χ4v) is 2.95. The Morgan fingerprint density at radius 2 is 1.04 bits per heavy atom. The fourth-order valence-electron chi connectivity index (χ4n) is 2.95. The van der Waals surface area contributed by atoms with E-state index in [0.29, 0.717) is 22.6 Å². The molecule has 2 rings (SSSR count). The molecular formula is C18H20N2O6. The minimum absolute atomic E-state index is 0.406. The lowest BCUT2D eigenvalue weighted by molar-refractivity contribution is -0.498. The van der Waals surface area contributed by atoms with Gasteiger partial charge in [0.1, 0.15) is 11.5 Å². The van der Waals surface area contributed by atoms with Gasteiger partial charge in [0.25, 0.3) is 0 Å². The van der Waals surface area contributed by atoms with E-state index in [-0.39, 0.29) is 0 Å². The molecule has 138 valence electrons. The van der Waals surface area contributed by atoms with Gasteiger partial charge in [-0.05, 0) is 35.4 Å². The van der Waals surface area contributed by atoms with E-state index in [1.54, 1.807) is 48.5 Å². The van der Waals surface area contributed by atoms with Crippen molar-refractivity contribution in [3.63, 3.8) is 0 Å². The van der Waals surface area contributed by atoms with E-state index in [4.69, 9.17) is 9.47 Å². The van der Waals surface area contributed by atoms with Crippen LogP contribution in [0.2, 0.25) is 0 Å². The van der Waals surface area contributed by atoms with Crippen LogP contribution in [0, 0.1) is 20.2 Å². The summed E-state index contributed by atoms with van der Waals surface area (Å²) in [5, 5.41) is 22.4. The Morgan fingerprint density at radius 3 is 1.27 bits per heavy atom. The number of hydrogen-bond acceptors (Lipinski definition) is 6. The molecule has 0 amide bonds. The second-order valence-corrected chi connectivity index (χ2v) is 5.79. The van der Waals surface area contributed by atoms with Gasteiger partial charge in [0.2, 0.25) is 13.1 Å². The molecule has 0 N–H and O–H groups in total. The molecule has 2 aromatic carbocycles. The number of methoxy groups -OCH3 is 2.